The number of thioether (sulfide) groups is 1. The van der Waals surface area contributed by atoms with Gasteiger partial charge in [0.2, 0.25) is 5.88 Å². The minimum Gasteiger partial charge on any atom is -0.506 e. The summed E-state index contributed by atoms with van der Waals surface area (Å²) in [5.41, 5.74) is 4.56. The summed E-state index contributed by atoms with van der Waals surface area (Å²) in [6.07, 6.45) is 3.77. The Labute approximate surface area is 268 Å². The second-order valence-electron chi connectivity index (χ2n) is 12.7. The standard InChI is InChI=1S/C36H39N3O5S/c1-35(2,3)45-33-27-18-26(44-22-28-31(40)8-7-17-37-28)14-15-29(27)39(30(33)19-36(4,5)34(41)42)21-23-9-11-24(12-10-23)25-13-16-32(43-6)38-20-25/h7-18,20,40H,19,21-22H2,1-6H3,(H,41,42). The highest BCUT2D eigenvalue weighted by Gasteiger charge is 2.33. The molecule has 0 saturated heterocycles. The van der Waals surface area contributed by atoms with Crippen LogP contribution >= 0.6 is 11.8 Å². The molecule has 5 rings (SSSR count). The van der Waals surface area contributed by atoms with Crippen LogP contribution in [0.4, 0.5) is 0 Å². The molecule has 0 saturated carbocycles. The van der Waals surface area contributed by atoms with Gasteiger partial charge in [-0.2, -0.15) is 0 Å². The van der Waals surface area contributed by atoms with E-state index in [4.69, 9.17) is 9.47 Å². The summed E-state index contributed by atoms with van der Waals surface area (Å²) in [5, 5.41) is 21.3. The molecule has 0 fully saturated rings. The predicted molar refractivity (Wildman–Crippen MR) is 178 cm³/mol. The topological polar surface area (TPSA) is 107 Å². The number of carbonyl (C=O) groups is 1. The lowest BCUT2D eigenvalue weighted by Gasteiger charge is -2.24. The highest BCUT2D eigenvalue weighted by atomic mass is 32.2. The number of carboxylic acid groups (broad SMARTS) is 1. The van der Waals surface area contributed by atoms with Crippen LogP contribution in [-0.4, -0.2) is 42.6 Å². The van der Waals surface area contributed by atoms with Crippen molar-refractivity contribution in [2.75, 3.05) is 7.11 Å². The summed E-state index contributed by atoms with van der Waals surface area (Å²) < 4.78 is 13.4. The summed E-state index contributed by atoms with van der Waals surface area (Å²) >= 11 is 1.73. The zero-order valence-electron chi connectivity index (χ0n) is 26.5. The Morgan fingerprint density at radius 3 is 2.31 bits per heavy atom. The molecule has 0 amide bonds. The van der Waals surface area contributed by atoms with Crippen molar-refractivity contribution in [1.29, 1.82) is 0 Å². The third-order valence-corrected chi connectivity index (χ3v) is 8.78. The first-order valence-corrected chi connectivity index (χ1v) is 15.6. The smallest absolute Gasteiger partial charge is 0.309 e. The number of methoxy groups -OCH3 is 1. The van der Waals surface area contributed by atoms with Crippen LogP contribution in [0.15, 0.2) is 84.0 Å². The van der Waals surface area contributed by atoms with E-state index in [-0.39, 0.29) is 17.1 Å². The van der Waals surface area contributed by atoms with Crippen LogP contribution in [0.5, 0.6) is 17.4 Å². The molecule has 2 aromatic carbocycles. The number of carboxylic acids is 1. The van der Waals surface area contributed by atoms with E-state index in [1.807, 2.05) is 30.3 Å². The summed E-state index contributed by atoms with van der Waals surface area (Å²) in [4.78, 5) is 21.9. The first-order valence-electron chi connectivity index (χ1n) is 14.8. The van der Waals surface area contributed by atoms with E-state index in [2.05, 4.69) is 59.6 Å². The maximum absolute atomic E-state index is 12.3. The van der Waals surface area contributed by atoms with Crippen molar-refractivity contribution in [3.8, 4) is 28.5 Å². The second kappa shape index (κ2) is 12.9. The number of aliphatic carboxylic acids is 1. The van der Waals surface area contributed by atoms with Crippen LogP contribution in [0.3, 0.4) is 0 Å². The Kier molecular flexibility index (Phi) is 9.11. The molecular weight excluding hydrogens is 586 g/mol. The summed E-state index contributed by atoms with van der Waals surface area (Å²) in [6.45, 7) is 10.7. The molecule has 9 heteroatoms. The van der Waals surface area contributed by atoms with Crippen LogP contribution in [0.1, 0.15) is 51.6 Å². The van der Waals surface area contributed by atoms with E-state index in [0.29, 0.717) is 30.3 Å². The minimum absolute atomic E-state index is 0.0844. The van der Waals surface area contributed by atoms with E-state index in [1.165, 1.54) is 0 Å². The zero-order chi connectivity index (χ0) is 32.4. The van der Waals surface area contributed by atoms with E-state index >= 15 is 0 Å². The van der Waals surface area contributed by atoms with Gasteiger partial charge in [0.15, 0.2) is 0 Å². The van der Waals surface area contributed by atoms with Crippen LogP contribution in [0.25, 0.3) is 22.0 Å². The van der Waals surface area contributed by atoms with E-state index in [9.17, 15) is 15.0 Å². The normalized spacial score (nSPS) is 12.0. The average Bonchev–Trinajstić information content (AvgIpc) is 3.26. The number of hydrogen-bond acceptors (Lipinski definition) is 7. The number of hydrogen-bond donors (Lipinski definition) is 2. The molecule has 0 atom stereocenters. The fourth-order valence-electron chi connectivity index (χ4n) is 5.07. The number of pyridine rings is 2. The van der Waals surface area contributed by atoms with Gasteiger partial charge in [-0.25, -0.2) is 4.98 Å². The second-order valence-corrected chi connectivity index (χ2v) is 14.5. The minimum atomic E-state index is -0.986. The fraction of sp³-hybridized carbons (Fsp3) is 0.306. The number of rotatable bonds is 11. The van der Waals surface area contributed by atoms with Crippen molar-refractivity contribution in [3.05, 3.63) is 96.1 Å². The van der Waals surface area contributed by atoms with Crippen molar-refractivity contribution >= 4 is 28.6 Å². The van der Waals surface area contributed by atoms with Crippen LogP contribution < -0.4 is 9.47 Å². The van der Waals surface area contributed by atoms with Crippen LogP contribution in [-0.2, 0) is 24.4 Å². The Morgan fingerprint density at radius 1 is 0.956 bits per heavy atom. The molecule has 0 aliphatic heterocycles. The molecule has 234 valence electrons. The van der Waals surface area contributed by atoms with Gasteiger partial charge >= 0.3 is 5.97 Å². The van der Waals surface area contributed by atoms with Gasteiger partial charge in [0.1, 0.15) is 23.8 Å². The van der Waals surface area contributed by atoms with E-state index in [1.54, 1.807) is 57.2 Å². The van der Waals surface area contributed by atoms with Crippen LogP contribution in [0, 0.1) is 5.41 Å². The Morgan fingerprint density at radius 2 is 1.69 bits per heavy atom. The summed E-state index contributed by atoms with van der Waals surface area (Å²) in [7, 11) is 1.60. The highest BCUT2D eigenvalue weighted by molar-refractivity contribution is 8.00. The molecular formula is C36H39N3O5S. The molecule has 2 N–H and O–H groups in total. The summed E-state index contributed by atoms with van der Waals surface area (Å²) in [6, 6.07) is 21.4. The average molecular weight is 626 g/mol. The predicted octanol–water partition coefficient (Wildman–Crippen LogP) is 7.98. The maximum Gasteiger partial charge on any atom is 0.309 e. The molecule has 3 aromatic heterocycles. The first kappa shape index (κ1) is 31.9. The number of benzene rings is 2. The van der Waals surface area contributed by atoms with Gasteiger partial charge in [0, 0.05) is 63.2 Å². The maximum atomic E-state index is 12.3. The molecule has 0 aliphatic rings. The van der Waals surface area contributed by atoms with E-state index < -0.39 is 11.4 Å². The lowest BCUT2D eigenvalue weighted by molar-refractivity contribution is -0.146. The number of aromatic hydroxyl groups is 1. The lowest BCUT2D eigenvalue weighted by Crippen LogP contribution is -2.28. The van der Waals surface area contributed by atoms with Gasteiger partial charge in [-0.1, -0.05) is 45.0 Å². The zero-order valence-corrected chi connectivity index (χ0v) is 27.3. The van der Waals surface area contributed by atoms with Gasteiger partial charge in [-0.15, -0.1) is 11.8 Å². The largest absolute Gasteiger partial charge is 0.506 e. The molecule has 5 aromatic rings. The van der Waals surface area contributed by atoms with Crippen molar-refractivity contribution in [2.45, 2.75) is 63.8 Å². The molecule has 45 heavy (non-hydrogen) atoms. The molecule has 0 bridgehead atoms. The van der Waals surface area contributed by atoms with Crippen LogP contribution in [0.2, 0.25) is 0 Å². The fourth-order valence-corrected chi connectivity index (χ4v) is 6.25. The highest BCUT2D eigenvalue weighted by Crippen LogP contribution is 2.44. The molecule has 0 radical (unpaired) electrons. The Balaban J connectivity index is 1.57. The molecule has 0 spiro atoms. The van der Waals surface area contributed by atoms with Crippen molar-refractivity contribution in [3.63, 3.8) is 0 Å². The number of ether oxygens (including phenoxy) is 2. The lowest BCUT2D eigenvalue weighted by atomic mass is 9.88. The van der Waals surface area contributed by atoms with Gasteiger partial charge in [-0.3, -0.25) is 9.78 Å². The quantitative estimate of drug-likeness (QED) is 0.142. The van der Waals surface area contributed by atoms with Crippen molar-refractivity contribution in [1.82, 2.24) is 14.5 Å². The summed E-state index contributed by atoms with van der Waals surface area (Å²) in [5.74, 6) is 0.449. The third kappa shape index (κ3) is 7.42. The van der Waals surface area contributed by atoms with E-state index in [0.717, 1.165) is 38.2 Å². The Bertz CT molecular complexity index is 1810. The molecule has 0 unspecified atom stereocenters. The number of aromatic nitrogens is 3. The van der Waals surface area contributed by atoms with Gasteiger partial charge in [0.05, 0.1) is 12.5 Å². The number of fused-ring (bicyclic) bond motifs is 1. The first-order chi connectivity index (χ1) is 21.3. The third-order valence-electron chi connectivity index (χ3n) is 7.50. The molecule has 3 heterocycles. The molecule has 0 aliphatic carbocycles. The van der Waals surface area contributed by atoms with Gasteiger partial charge < -0.3 is 24.3 Å². The van der Waals surface area contributed by atoms with Gasteiger partial charge in [0.25, 0.3) is 0 Å². The van der Waals surface area contributed by atoms with Crippen molar-refractivity contribution < 1.29 is 24.5 Å². The van der Waals surface area contributed by atoms with Gasteiger partial charge in [-0.05, 0) is 61.4 Å². The number of nitrogens with zero attached hydrogens (tertiary/aromatic N) is 3. The molecule has 8 nitrogen and oxygen atoms in total. The van der Waals surface area contributed by atoms with Crippen molar-refractivity contribution in [2.24, 2.45) is 5.41 Å². The monoisotopic (exact) mass is 625 g/mol. The Hall–Kier alpha value is -4.50. The SMILES string of the molecule is COc1ccc(-c2ccc(Cn3c(CC(C)(C)C(=O)O)c(SC(C)(C)C)c4cc(OCc5ncccc5O)ccc43)cc2)cn1.